The molecule has 1 N–H and O–H groups in total. The number of hydrogen-bond donors (Lipinski definition) is 1. The Morgan fingerprint density at radius 2 is 1.89 bits per heavy atom. The maximum atomic E-state index is 11.5. The summed E-state index contributed by atoms with van der Waals surface area (Å²) in [6, 6.07) is 4.00. The minimum Gasteiger partial charge on any atom is -0.474 e. The van der Waals surface area contributed by atoms with Crippen molar-refractivity contribution < 1.29 is 9.53 Å². The van der Waals surface area contributed by atoms with Gasteiger partial charge in [-0.25, -0.2) is 9.98 Å². The highest BCUT2D eigenvalue weighted by molar-refractivity contribution is 5.80. The fourth-order valence-corrected chi connectivity index (χ4v) is 3.75. The summed E-state index contributed by atoms with van der Waals surface area (Å²) in [6.45, 7) is 8.19. The number of aliphatic imine (C=N–C) groups is 1. The van der Waals surface area contributed by atoms with Crippen LogP contribution in [-0.2, 0) is 11.3 Å². The molecule has 0 unspecified atom stereocenters. The normalized spacial score (nSPS) is 18.9. The van der Waals surface area contributed by atoms with Crippen molar-refractivity contribution in [3.63, 3.8) is 0 Å². The summed E-state index contributed by atoms with van der Waals surface area (Å²) >= 11 is 0. The molecule has 0 bridgehead atoms. The van der Waals surface area contributed by atoms with E-state index in [4.69, 9.17) is 9.73 Å². The van der Waals surface area contributed by atoms with Crippen LogP contribution in [0.5, 0.6) is 5.88 Å². The molecule has 3 rings (SSSR count). The van der Waals surface area contributed by atoms with Gasteiger partial charge in [0.15, 0.2) is 5.96 Å². The van der Waals surface area contributed by atoms with Crippen molar-refractivity contribution in [3.8, 4) is 5.88 Å². The Kier molecular flexibility index (Phi) is 7.51. The van der Waals surface area contributed by atoms with Crippen LogP contribution in [0.2, 0.25) is 0 Å². The summed E-state index contributed by atoms with van der Waals surface area (Å²) in [5, 5.41) is 3.36. The van der Waals surface area contributed by atoms with E-state index in [0.717, 1.165) is 57.1 Å². The molecule has 0 radical (unpaired) electrons. The highest BCUT2D eigenvalue weighted by atomic mass is 16.5. The quantitative estimate of drug-likeness (QED) is 0.621. The third kappa shape index (κ3) is 5.84. The first-order chi connectivity index (χ1) is 13.7. The molecule has 1 saturated carbocycles. The topological polar surface area (TPSA) is 70.1 Å². The predicted octanol–water partition coefficient (Wildman–Crippen LogP) is 2.42. The molecule has 28 heavy (non-hydrogen) atoms. The number of hydrogen-bond acceptors (Lipinski definition) is 4. The van der Waals surface area contributed by atoms with Crippen LogP contribution in [0.3, 0.4) is 0 Å². The summed E-state index contributed by atoms with van der Waals surface area (Å²) in [7, 11) is 0. The molecule has 1 aromatic rings. The second kappa shape index (κ2) is 10.3. The van der Waals surface area contributed by atoms with Gasteiger partial charge in [0, 0.05) is 51.9 Å². The van der Waals surface area contributed by atoms with Crippen molar-refractivity contribution >= 4 is 11.9 Å². The molecule has 2 fully saturated rings. The van der Waals surface area contributed by atoms with E-state index in [1.807, 2.05) is 23.2 Å². The van der Waals surface area contributed by atoms with Gasteiger partial charge in [0.2, 0.25) is 11.8 Å². The van der Waals surface area contributed by atoms with Crippen molar-refractivity contribution in [1.82, 2.24) is 20.1 Å². The second-order valence-electron chi connectivity index (χ2n) is 7.55. The van der Waals surface area contributed by atoms with Gasteiger partial charge in [-0.05, 0) is 38.2 Å². The lowest BCUT2D eigenvalue weighted by atomic mass is 9.98. The Morgan fingerprint density at radius 1 is 1.18 bits per heavy atom. The van der Waals surface area contributed by atoms with Crippen molar-refractivity contribution in [1.29, 1.82) is 0 Å². The van der Waals surface area contributed by atoms with Crippen LogP contribution in [0.1, 0.15) is 51.5 Å². The molecule has 0 atom stereocenters. The minimum atomic E-state index is 0.142. The molecule has 1 aliphatic carbocycles. The third-order valence-electron chi connectivity index (χ3n) is 5.41. The number of rotatable bonds is 5. The average molecular weight is 388 g/mol. The fraction of sp³-hybridized carbons (Fsp3) is 0.667. The van der Waals surface area contributed by atoms with Gasteiger partial charge >= 0.3 is 0 Å². The number of nitrogens with one attached hydrogen (secondary N) is 1. The van der Waals surface area contributed by atoms with Crippen molar-refractivity contribution in [2.45, 2.75) is 58.6 Å². The van der Waals surface area contributed by atoms with Crippen molar-refractivity contribution in [2.24, 2.45) is 4.99 Å². The van der Waals surface area contributed by atoms with Crippen LogP contribution in [-0.4, -0.2) is 65.5 Å². The summed E-state index contributed by atoms with van der Waals surface area (Å²) in [6.07, 6.45) is 8.28. The van der Waals surface area contributed by atoms with Gasteiger partial charge in [0.25, 0.3) is 0 Å². The van der Waals surface area contributed by atoms with Gasteiger partial charge in [-0.1, -0.05) is 12.5 Å². The van der Waals surface area contributed by atoms with Crippen LogP contribution < -0.4 is 10.1 Å². The van der Waals surface area contributed by atoms with Crippen molar-refractivity contribution in [3.05, 3.63) is 23.9 Å². The Hall–Kier alpha value is -2.31. The Balaban J connectivity index is 1.54. The molecule has 154 valence electrons. The molecule has 1 amide bonds. The lowest BCUT2D eigenvalue weighted by Gasteiger charge is -2.36. The second-order valence-corrected chi connectivity index (χ2v) is 7.55. The molecule has 1 aliphatic heterocycles. The maximum absolute atomic E-state index is 11.5. The minimum absolute atomic E-state index is 0.142. The number of nitrogens with zero attached hydrogens (tertiary/aromatic N) is 4. The molecule has 2 heterocycles. The fourth-order valence-electron chi connectivity index (χ4n) is 3.75. The number of amides is 1. The van der Waals surface area contributed by atoms with Gasteiger partial charge < -0.3 is 19.9 Å². The SMILES string of the molecule is CCNC(=NCc1ccc(OC2CCCCC2)nc1)N1CCN(C(C)=O)CC1. The molecule has 1 saturated heterocycles. The number of piperazine rings is 1. The van der Waals surface area contributed by atoms with Crippen LogP contribution in [0.25, 0.3) is 0 Å². The molecule has 1 aromatic heterocycles. The van der Waals surface area contributed by atoms with Gasteiger partial charge in [-0.3, -0.25) is 4.79 Å². The molecule has 0 spiro atoms. The van der Waals surface area contributed by atoms with E-state index >= 15 is 0 Å². The van der Waals surface area contributed by atoms with Gasteiger partial charge in [-0.2, -0.15) is 0 Å². The molecule has 2 aliphatic rings. The zero-order valence-electron chi connectivity index (χ0n) is 17.2. The summed E-state index contributed by atoms with van der Waals surface area (Å²) in [4.78, 5) is 24.9. The largest absolute Gasteiger partial charge is 0.474 e. The highest BCUT2D eigenvalue weighted by Crippen LogP contribution is 2.22. The standard InChI is InChI=1S/C21H33N5O2/c1-3-22-21(26-13-11-25(12-14-26)17(2)27)24-16-18-9-10-20(23-15-18)28-19-7-5-4-6-8-19/h9-10,15,19H,3-8,11-14,16H2,1-2H3,(H,22,24). The molecular weight excluding hydrogens is 354 g/mol. The lowest BCUT2D eigenvalue weighted by Crippen LogP contribution is -2.53. The van der Waals surface area contributed by atoms with E-state index in [0.29, 0.717) is 18.5 Å². The number of aromatic nitrogens is 1. The molecule has 0 aromatic carbocycles. The van der Waals surface area contributed by atoms with Crippen LogP contribution in [0, 0.1) is 0 Å². The Labute approximate surface area is 168 Å². The van der Waals surface area contributed by atoms with Crippen LogP contribution >= 0.6 is 0 Å². The maximum Gasteiger partial charge on any atom is 0.219 e. The van der Waals surface area contributed by atoms with E-state index in [2.05, 4.69) is 22.1 Å². The monoisotopic (exact) mass is 387 g/mol. The zero-order chi connectivity index (χ0) is 19.8. The lowest BCUT2D eigenvalue weighted by molar-refractivity contribution is -0.130. The Bertz CT molecular complexity index is 647. The summed E-state index contributed by atoms with van der Waals surface area (Å²) < 4.78 is 6.00. The third-order valence-corrected chi connectivity index (χ3v) is 5.41. The molecule has 7 heteroatoms. The predicted molar refractivity (Wildman–Crippen MR) is 110 cm³/mol. The van der Waals surface area contributed by atoms with Crippen LogP contribution in [0.4, 0.5) is 0 Å². The Morgan fingerprint density at radius 3 is 2.50 bits per heavy atom. The van der Waals surface area contributed by atoms with E-state index in [1.54, 1.807) is 6.92 Å². The number of guanidine groups is 1. The smallest absolute Gasteiger partial charge is 0.219 e. The summed E-state index contributed by atoms with van der Waals surface area (Å²) in [5.41, 5.74) is 1.06. The summed E-state index contributed by atoms with van der Waals surface area (Å²) in [5.74, 6) is 1.75. The first-order valence-corrected chi connectivity index (χ1v) is 10.6. The number of pyridine rings is 1. The van der Waals surface area contributed by atoms with Gasteiger partial charge in [0.05, 0.1) is 6.54 Å². The highest BCUT2D eigenvalue weighted by Gasteiger charge is 2.21. The van der Waals surface area contributed by atoms with E-state index in [-0.39, 0.29) is 5.91 Å². The molecule has 7 nitrogen and oxygen atoms in total. The average Bonchev–Trinajstić information content (AvgIpc) is 2.73. The van der Waals surface area contributed by atoms with Crippen molar-refractivity contribution in [2.75, 3.05) is 32.7 Å². The van der Waals surface area contributed by atoms with E-state index in [1.165, 1.54) is 19.3 Å². The molecular formula is C21H33N5O2. The number of carbonyl (C=O) groups excluding carboxylic acids is 1. The van der Waals surface area contributed by atoms with Crippen LogP contribution in [0.15, 0.2) is 23.3 Å². The van der Waals surface area contributed by atoms with Gasteiger partial charge in [0.1, 0.15) is 6.10 Å². The number of carbonyl (C=O) groups is 1. The van der Waals surface area contributed by atoms with Gasteiger partial charge in [-0.15, -0.1) is 0 Å². The van der Waals surface area contributed by atoms with E-state index < -0.39 is 0 Å². The zero-order valence-corrected chi connectivity index (χ0v) is 17.2. The van der Waals surface area contributed by atoms with E-state index in [9.17, 15) is 4.79 Å². The first kappa shape index (κ1) is 20.4. The first-order valence-electron chi connectivity index (χ1n) is 10.6. The number of ether oxygens (including phenoxy) is 1.